The van der Waals surface area contributed by atoms with Gasteiger partial charge in [-0.1, -0.05) is 53.2 Å². The lowest BCUT2D eigenvalue weighted by molar-refractivity contribution is -0.275. The molecular formula is C23H15ClF4N2O3. The van der Waals surface area contributed by atoms with Crippen molar-refractivity contribution in [1.29, 1.82) is 0 Å². The van der Waals surface area contributed by atoms with Crippen LogP contribution in [-0.2, 0) is 15.2 Å². The van der Waals surface area contributed by atoms with Gasteiger partial charge in [-0.15, -0.1) is 0 Å². The van der Waals surface area contributed by atoms with Crippen LogP contribution in [-0.4, -0.2) is 30.6 Å². The molecule has 0 saturated heterocycles. The van der Waals surface area contributed by atoms with E-state index < -0.39 is 34.9 Å². The number of alkyl halides is 3. The normalized spacial score (nSPS) is 18.0. The third-order valence-corrected chi connectivity index (χ3v) is 5.69. The number of benzene rings is 3. The number of fused-ring (bicyclic) bond motifs is 1. The van der Waals surface area contributed by atoms with Gasteiger partial charge >= 0.3 is 6.18 Å². The van der Waals surface area contributed by atoms with Crippen molar-refractivity contribution in [3.05, 3.63) is 82.1 Å². The van der Waals surface area contributed by atoms with E-state index in [2.05, 4.69) is 10.5 Å². The third kappa shape index (κ3) is 3.93. The zero-order valence-corrected chi connectivity index (χ0v) is 17.5. The summed E-state index contributed by atoms with van der Waals surface area (Å²) >= 11 is 5.72. The zero-order valence-electron chi connectivity index (χ0n) is 16.7. The van der Waals surface area contributed by atoms with Crippen LogP contribution in [0.1, 0.15) is 27.9 Å². The van der Waals surface area contributed by atoms with Gasteiger partial charge in [-0.25, -0.2) is 4.39 Å². The molecule has 4 rings (SSSR count). The molecule has 1 unspecified atom stereocenters. The molecule has 0 saturated carbocycles. The number of halogens is 5. The lowest BCUT2D eigenvalue weighted by atomic mass is 9.85. The number of rotatable bonds is 5. The lowest BCUT2D eigenvalue weighted by Gasteiger charge is -2.29. The van der Waals surface area contributed by atoms with Crippen molar-refractivity contribution >= 4 is 40.3 Å². The van der Waals surface area contributed by atoms with Crippen molar-refractivity contribution in [1.82, 2.24) is 5.32 Å². The predicted octanol–water partition coefficient (Wildman–Crippen LogP) is 5.14. The number of hydrogen-bond donors (Lipinski definition) is 1. The second kappa shape index (κ2) is 8.47. The SMILES string of the molecule is O=CCNC(=O)c1ccc(C2=NOC(c3ccc(F)c(Cl)c3)(C(F)(F)F)C2)c2ccccc12. The molecule has 1 atom stereocenters. The number of amides is 1. The maximum atomic E-state index is 14.2. The van der Waals surface area contributed by atoms with E-state index in [1.165, 1.54) is 12.1 Å². The van der Waals surface area contributed by atoms with E-state index in [4.69, 9.17) is 16.4 Å². The summed E-state index contributed by atoms with van der Waals surface area (Å²) in [4.78, 5) is 28.0. The van der Waals surface area contributed by atoms with Crippen LogP contribution in [0.2, 0.25) is 5.02 Å². The topological polar surface area (TPSA) is 67.8 Å². The van der Waals surface area contributed by atoms with Crippen LogP contribution in [0.25, 0.3) is 10.8 Å². The van der Waals surface area contributed by atoms with Gasteiger partial charge in [-0.05, 0) is 29.0 Å². The van der Waals surface area contributed by atoms with Gasteiger partial charge < -0.3 is 14.9 Å². The monoisotopic (exact) mass is 478 g/mol. The van der Waals surface area contributed by atoms with Gasteiger partial charge in [-0.2, -0.15) is 13.2 Å². The molecule has 0 aromatic heterocycles. The first-order chi connectivity index (χ1) is 15.7. The fourth-order valence-corrected chi connectivity index (χ4v) is 3.95. The number of oxime groups is 1. The van der Waals surface area contributed by atoms with E-state index in [9.17, 15) is 27.2 Å². The maximum absolute atomic E-state index is 14.2. The predicted molar refractivity (Wildman–Crippen MR) is 114 cm³/mol. The minimum atomic E-state index is -4.89. The van der Waals surface area contributed by atoms with Crippen LogP contribution in [0.3, 0.4) is 0 Å². The van der Waals surface area contributed by atoms with Gasteiger partial charge in [0.25, 0.3) is 11.5 Å². The van der Waals surface area contributed by atoms with E-state index in [1.807, 2.05) is 0 Å². The van der Waals surface area contributed by atoms with Crippen molar-refractivity contribution in [3.63, 3.8) is 0 Å². The van der Waals surface area contributed by atoms with Gasteiger partial charge in [-0.3, -0.25) is 4.79 Å². The molecule has 1 amide bonds. The second-order valence-corrected chi connectivity index (χ2v) is 7.75. The Morgan fingerprint density at radius 1 is 1.15 bits per heavy atom. The summed E-state index contributed by atoms with van der Waals surface area (Å²) in [5.74, 6) is -1.36. The van der Waals surface area contributed by atoms with Crippen molar-refractivity contribution in [2.75, 3.05) is 6.54 Å². The molecule has 0 aliphatic carbocycles. The minimum Gasteiger partial charge on any atom is -0.374 e. The molecule has 0 fully saturated rings. The van der Waals surface area contributed by atoms with Gasteiger partial charge in [0.15, 0.2) is 0 Å². The van der Waals surface area contributed by atoms with Gasteiger partial charge in [0, 0.05) is 23.1 Å². The smallest absolute Gasteiger partial charge is 0.374 e. The highest BCUT2D eigenvalue weighted by Crippen LogP contribution is 2.49. The lowest BCUT2D eigenvalue weighted by Crippen LogP contribution is -2.42. The van der Waals surface area contributed by atoms with Crippen LogP contribution in [0.4, 0.5) is 17.6 Å². The van der Waals surface area contributed by atoms with E-state index in [0.717, 1.165) is 18.2 Å². The van der Waals surface area contributed by atoms with Crippen molar-refractivity contribution in [2.45, 2.75) is 18.2 Å². The highest BCUT2D eigenvalue weighted by atomic mass is 35.5. The van der Waals surface area contributed by atoms with Crippen LogP contribution in [0.5, 0.6) is 0 Å². The average Bonchev–Trinajstić information content (AvgIpc) is 3.25. The van der Waals surface area contributed by atoms with Crippen LogP contribution >= 0.6 is 11.6 Å². The zero-order chi connectivity index (χ0) is 23.8. The fourth-order valence-electron chi connectivity index (χ4n) is 3.77. The first-order valence-electron chi connectivity index (χ1n) is 9.69. The van der Waals surface area contributed by atoms with Crippen molar-refractivity contribution < 1.29 is 32.0 Å². The highest BCUT2D eigenvalue weighted by Gasteiger charge is 2.62. The maximum Gasteiger partial charge on any atom is 0.435 e. The molecule has 5 nitrogen and oxygen atoms in total. The Morgan fingerprint density at radius 2 is 1.88 bits per heavy atom. The number of nitrogens with one attached hydrogen (secondary N) is 1. The molecule has 10 heteroatoms. The van der Waals surface area contributed by atoms with Crippen LogP contribution in [0.15, 0.2) is 59.8 Å². The number of hydrogen-bond acceptors (Lipinski definition) is 4. The van der Waals surface area contributed by atoms with Crippen molar-refractivity contribution in [3.8, 4) is 0 Å². The molecule has 3 aromatic carbocycles. The molecule has 0 bridgehead atoms. The Morgan fingerprint density at radius 3 is 2.55 bits per heavy atom. The number of nitrogens with zero attached hydrogens (tertiary/aromatic N) is 1. The van der Waals surface area contributed by atoms with E-state index in [0.29, 0.717) is 22.6 Å². The van der Waals surface area contributed by atoms with Gasteiger partial charge in [0.2, 0.25) is 0 Å². The molecule has 1 aliphatic rings. The average molecular weight is 479 g/mol. The molecule has 1 aliphatic heterocycles. The quantitative estimate of drug-likeness (QED) is 0.408. The number of carbonyl (C=O) groups is 2. The Kier molecular flexibility index (Phi) is 5.84. The molecule has 170 valence electrons. The summed E-state index contributed by atoms with van der Waals surface area (Å²) < 4.78 is 56.2. The molecule has 33 heavy (non-hydrogen) atoms. The van der Waals surface area contributed by atoms with E-state index >= 15 is 0 Å². The first kappa shape index (κ1) is 22.7. The van der Waals surface area contributed by atoms with Crippen LogP contribution in [0, 0.1) is 5.82 Å². The Hall–Kier alpha value is -3.46. The molecule has 1 N–H and O–H groups in total. The fraction of sp³-hybridized carbons (Fsp3) is 0.174. The summed E-state index contributed by atoms with van der Waals surface area (Å²) in [6.07, 6.45) is -5.03. The molecule has 3 aromatic rings. The molecule has 0 spiro atoms. The van der Waals surface area contributed by atoms with E-state index in [-0.39, 0.29) is 23.4 Å². The largest absolute Gasteiger partial charge is 0.435 e. The van der Waals surface area contributed by atoms with Crippen molar-refractivity contribution in [2.24, 2.45) is 5.16 Å². The van der Waals surface area contributed by atoms with E-state index in [1.54, 1.807) is 24.3 Å². The Balaban J connectivity index is 1.78. The minimum absolute atomic E-state index is 0.00354. The summed E-state index contributed by atoms with van der Waals surface area (Å²) in [7, 11) is 0. The first-order valence-corrected chi connectivity index (χ1v) is 10.1. The summed E-state index contributed by atoms with van der Waals surface area (Å²) in [6.45, 7) is -0.177. The summed E-state index contributed by atoms with van der Waals surface area (Å²) in [5.41, 5.74) is -2.63. The number of carbonyl (C=O) groups excluding carboxylic acids is 2. The summed E-state index contributed by atoms with van der Waals surface area (Å²) in [5, 5.41) is 6.66. The Bertz CT molecular complexity index is 1290. The second-order valence-electron chi connectivity index (χ2n) is 7.34. The van der Waals surface area contributed by atoms with Gasteiger partial charge in [0.05, 0.1) is 17.3 Å². The molecule has 0 radical (unpaired) electrons. The summed E-state index contributed by atoms with van der Waals surface area (Å²) in [6, 6.07) is 12.2. The molecule has 1 heterocycles. The van der Waals surface area contributed by atoms with Gasteiger partial charge in [0.1, 0.15) is 12.1 Å². The highest BCUT2D eigenvalue weighted by molar-refractivity contribution is 6.30. The molecular weight excluding hydrogens is 464 g/mol. The number of aldehydes is 1. The third-order valence-electron chi connectivity index (χ3n) is 5.40. The Labute approximate surface area is 190 Å². The standard InChI is InChI=1S/C23H15ClF4N2O3/c24-18-11-13(5-8-19(18)25)22(23(26,27)28)12-20(30-33-22)16-6-7-17(21(32)29-9-10-31)15-4-2-1-3-14(15)16/h1-8,10-11H,9,12H2,(H,29,32). The van der Waals surface area contributed by atoms with Crippen LogP contribution < -0.4 is 5.32 Å².